The minimum absolute atomic E-state index is 0.0347. The van der Waals surface area contributed by atoms with Crippen molar-refractivity contribution in [2.45, 2.75) is 97.4 Å². The van der Waals surface area contributed by atoms with Gasteiger partial charge in [0.05, 0.1) is 18.8 Å². The third-order valence-electron chi connectivity index (χ3n) is 9.69. The van der Waals surface area contributed by atoms with Crippen LogP contribution in [-0.4, -0.2) is 60.0 Å². The number of allylic oxidation sites excluding steroid dienone is 4. The number of Topliss-reactive ketones (excluding diaryl/α,β-unsaturated/α-hetero) is 1. The van der Waals surface area contributed by atoms with Crippen molar-refractivity contribution in [3.63, 3.8) is 0 Å². The summed E-state index contributed by atoms with van der Waals surface area (Å²) >= 11 is 0. The minimum Gasteiger partial charge on any atom is -0.434 e. The van der Waals surface area contributed by atoms with Crippen molar-refractivity contribution in [3.05, 3.63) is 23.8 Å². The van der Waals surface area contributed by atoms with E-state index in [2.05, 4.69) is 6.92 Å². The van der Waals surface area contributed by atoms with Crippen molar-refractivity contribution in [2.24, 2.45) is 28.6 Å². The highest BCUT2D eigenvalue weighted by Gasteiger charge is 2.70. The van der Waals surface area contributed by atoms with Crippen LogP contribution < -0.4 is 0 Å². The Morgan fingerprint density at radius 1 is 1.13 bits per heavy atom. The van der Waals surface area contributed by atoms with Gasteiger partial charge in [0.2, 0.25) is 5.78 Å². The van der Waals surface area contributed by atoms with E-state index in [1.807, 2.05) is 19.9 Å². The average molecular weight is 547 g/mol. The number of fused-ring (bicyclic) bond motifs is 5. The zero-order valence-electron chi connectivity index (χ0n) is 23.7. The van der Waals surface area contributed by atoms with Crippen LogP contribution in [0.15, 0.2) is 23.8 Å². The van der Waals surface area contributed by atoms with E-state index in [0.717, 1.165) is 24.8 Å². The highest BCUT2D eigenvalue weighted by molar-refractivity contribution is 6.01. The second-order valence-corrected chi connectivity index (χ2v) is 12.3. The van der Waals surface area contributed by atoms with Gasteiger partial charge in [-0.25, -0.2) is 9.59 Å². The SMILES string of the molecule is CCCCOC(=O)O[C@]1(C(=O)COC(=O)OC(C)C)CC[C@H]2[C@@H]3CCC4=CC(=O)C=C[C@]4(C)[C@H]3C(O)C[C@@]21C. The molecule has 1 N–H and O–H groups in total. The Balaban J connectivity index is 1.65. The maximum absolute atomic E-state index is 13.9. The summed E-state index contributed by atoms with van der Waals surface area (Å²) in [6, 6.07) is 0. The molecule has 39 heavy (non-hydrogen) atoms. The molecule has 0 spiro atoms. The number of rotatable bonds is 8. The zero-order valence-corrected chi connectivity index (χ0v) is 23.7. The van der Waals surface area contributed by atoms with Gasteiger partial charge in [-0.15, -0.1) is 0 Å². The maximum Gasteiger partial charge on any atom is 0.509 e. The summed E-state index contributed by atoms with van der Waals surface area (Å²) in [5, 5.41) is 11.7. The van der Waals surface area contributed by atoms with Gasteiger partial charge in [0.15, 0.2) is 18.0 Å². The summed E-state index contributed by atoms with van der Waals surface area (Å²) in [4.78, 5) is 50.9. The molecule has 216 valence electrons. The number of ether oxygens (including phenoxy) is 4. The molecule has 9 heteroatoms. The van der Waals surface area contributed by atoms with Crippen molar-refractivity contribution >= 4 is 23.9 Å². The quantitative estimate of drug-likeness (QED) is 0.327. The molecular formula is C30H42O9. The van der Waals surface area contributed by atoms with Crippen molar-refractivity contribution in [3.8, 4) is 0 Å². The Morgan fingerprint density at radius 3 is 2.56 bits per heavy atom. The van der Waals surface area contributed by atoms with Crippen molar-refractivity contribution in [1.29, 1.82) is 0 Å². The second kappa shape index (κ2) is 11.1. The van der Waals surface area contributed by atoms with E-state index >= 15 is 0 Å². The molecule has 3 saturated carbocycles. The molecular weight excluding hydrogens is 504 g/mol. The van der Waals surface area contributed by atoms with E-state index in [4.69, 9.17) is 18.9 Å². The van der Waals surface area contributed by atoms with E-state index in [1.165, 1.54) is 0 Å². The van der Waals surface area contributed by atoms with E-state index in [9.17, 15) is 24.3 Å². The van der Waals surface area contributed by atoms with Crippen LogP contribution >= 0.6 is 0 Å². The topological polar surface area (TPSA) is 125 Å². The number of unbranched alkanes of at least 4 members (excludes halogenated alkanes) is 1. The van der Waals surface area contributed by atoms with Gasteiger partial charge in [0, 0.05) is 16.7 Å². The lowest BCUT2D eigenvalue weighted by molar-refractivity contribution is -0.184. The first-order valence-electron chi connectivity index (χ1n) is 14.2. The fourth-order valence-electron chi connectivity index (χ4n) is 7.94. The molecule has 0 aromatic rings. The third kappa shape index (κ3) is 5.14. The monoisotopic (exact) mass is 546 g/mol. The number of hydrogen-bond donors (Lipinski definition) is 1. The molecule has 0 aromatic heterocycles. The first-order chi connectivity index (χ1) is 18.4. The lowest BCUT2D eigenvalue weighted by Gasteiger charge is -2.59. The minimum atomic E-state index is -1.62. The Labute approximate surface area is 230 Å². The second-order valence-electron chi connectivity index (χ2n) is 12.3. The van der Waals surface area contributed by atoms with Gasteiger partial charge in [-0.1, -0.05) is 38.8 Å². The van der Waals surface area contributed by atoms with Crippen LogP contribution in [0.3, 0.4) is 0 Å². The molecule has 4 aliphatic carbocycles. The van der Waals surface area contributed by atoms with E-state index < -0.39 is 53.3 Å². The van der Waals surface area contributed by atoms with Gasteiger partial charge < -0.3 is 24.1 Å². The van der Waals surface area contributed by atoms with E-state index in [-0.39, 0.29) is 43.0 Å². The lowest BCUT2D eigenvalue weighted by atomic mass is 9.46. The molecule has 9 nitrogen and oxygen atoms in total. The zero-order chi connectivity index (χ0) is 28.6. The molecule has 7 atom stereocenters. The molecule has 4 aliphatic rings. The number of hydrogen-bond acceptors (Lipinski definition) is 9. The Bertz CT molecular complexity index is 1060. The molecule has 4 rings (SSSR count). The first-order valence-corrected chi connectivity index (χ1v) is 14.2. The van der Waals surface area contributed by atoms with Crippen LogP contribution in [-0.2, 0) is 28.5 Å². The standard InChI is InChI=1S/C30H42O9/c1-6-7-14-36-27(35)39-30(24(33)17-37-26(34)38-18(2)3)13-11-22-21-9-8-19-15-20(31)10-12-28(19,4)25(21)23(32)16-29(22,30)5/h10,12,15,18,21-23,25,32H,6-9,11,13-14,16-17H2,1-5H3/t21-,22-,23?,25+,28-,29-,30-/m0/s1. The van der Waals surface area contributed by atoms with Gasteiger partial charge in [-0.3, -0.25) is 9.59 Å². The van der Waals surface area contributed by atoms with E-state index in [0.29, 0.717) is 12.8 Å². The van der Waals surface area contributed by atoms with Gasteiger partial charge in [-0.2, -0.15) is 0 Å². The largest absolute Gasteiger partial charge is 0.509 e. The number of ketones is 2. The molecule has 0 aliphatic heterocycles. The highest BCUT2D eigenvalue weighted by Crippen LogP contribution is 2.68. The smallest absolute Gasteiger partial charge is 0.434 e. The summed E-state index contributed by atoms with van der Waals surface area (Å²) in [7, 11) is 0. The number of carbonyl (C=O) groups is 4. The van der Waals surface area contributed by atoms with Crippen LogP contribution in [0.2, 0.25) is 0 Å². The van der Waals surface area contributed by atoms with Gasteiger partial charge in [0.1, 0.15) is 0 Å². The predicted molar refractivity (Wildman–Crippen MR) is 141 cm³/mol. The Hall–Kier alpha value is -2.68. The lowest BCUT2D eigenvalue weighted by Crippen LogP contribution is -2.63. The van der Waals surface area contributed by atoms with Crippen LogP contribution in [0.1, 0.15) is 79.6 Å². The fourth-order valence-corrected chi connectivity index (χ4v) is 7.94. The summed E-state index contributed by atoms with van der Waals surface area (Å²) in [6.45, 7) is 8.85. The summed E-state index contributed by atoms with van der Waals surface area (Å²) < 4.78 is 21.4. The van der Waals surface area contributed by atoms with Crippen LogP contribution in [0, 0.1) is 28.6 Å². The Morgan fingerprint density at radius 2 is 1.87 bits per heavy atom. The van der Waals surface area contributed by atoms with Crippen LogP contribution in [0.4, 0.5) is 9.59 Å². The van der Waals surface area contributed by atoms with Crippen molar-refractivity contribution in [2.75, 3.05) is 13.2 Å². The predicted octanol–water partition coefficient (Wildman–Crippen LogP) is 5.09. The summed E-state index contributed by atoms with van der Waals surface area (Å²) in [5.74, 6) is -0.713. The normalized spacial score (nSPS) is 36.8. The summed E-state index contributed by atoms with van der Waals surface area (Å²) in [6.07, 6.45) is 6.10. The van der Waals surface area contributed by atoms with Crippen molar-refractivity contribution < 1.29 is 43.2 Å². The fraction of sp³-hybridized carbons (Fsp3) is 0.733. The average Bonchev–Trinajstić information content (AvgIpc) is 3.14. The van der Waals surface area contributed by atoms with E-state index in [1.54, 1.807) is 26.0 Å². The van der Waals surface area contributed by atoms with Crippen LogP contribution in [0.25, 0.3) is 0 Å². The molecule has 0 heterocycles. The summed E-state index contributed by atoms with van der Waals surface area (Å²) in [5.41, 5.74) is -1.96. The maximum atomic E-state index is 13.9. The van der Waals surface area contributed by atoms with Gasteiger partial charge >= 0.3 is 12.3 Å². The molecule has 0 radical (unpaired) electrons. The van der Waals surface area contributed by atoms with Crippen LogP contribution in [0.5, 0.6) is 0 Å². The Kier molecular flexibility index (Phi) is 8.31. The van der Waals surface area contributed by atoms with Gasteiger partial charge in [0.25, 0.3) is 0 Å². The van der Waals surface area contributed by atoms with Crippen molar-refractivity contribution in [1.82, 2.24) is 0 Å². The number of aliphatic hydroxyl groups excluding tert-OH is 1. The number of carbonyl (C=O) groups excluding carboxylic acids is 4. The highest BCUT2D eigenvalue weighted by atomic mass is 16.7. The first kappa shape index (κ1) is 29.3. The third-order valence-corrected chi connectivity index (χ3v) is 9.69. The van der Waals surface area contributed by atoms with Gasteiger partial charge in [-0.05, 0) is 76.4 Å². The molecule has 3 fully saturated rings. The number of aliphatic hydroxyl groups is 1. The molecule has 0 saturated heterocycles. The molecule has 1 unspecified atom stereocenters. The molecule has 0 bridgehead atoms. The molecule has 0 amide bonds. The molecule has 0 aromatic carbocycles.